The van der Waals surface area contributed by atoms with E-state index in [0.29, 0.717) is 24.3 Å². The topological polar surface area (TPSA) is 156 Å². The van der Waals surface area contributed by atoms with E-state index >= 15 is 0 Å². The summed E-state index contributed by atoms with van der Waals surface area (Å²) in [5.41, 5.74) is 6.50. The van der Waals surface area contributed by atoms with Crippen LogP contribution in [0, 0.1) is 50.2 Å². The van der Waals surface area contributed by atoms with E-state index in [-0.39, 0.29) is 70.7 Å². The van der Waals surface area contributed by atoms with E-state index in [1.54, 1.807) is 26.0 Å². The molecule has 1 unspecified atom stereocenters. The Labute approximate surface area is 316 Å². The SMILES string of the molecule is CC(C)C1=C2[C@@](C(O)CNC(=O)c3ccccc3)(CC[C@]3(C)[C@]2(N)CC[C@@H]2[C@@]4(C)CC[C@H](OC(=O)CC(C)(C)C(=O)O)C(C)(C)[C@@H]4CC[C@]23C)CC1=O. The number of rotatable bonds is 9. The molecule has 0 saturated heterocycles. The maximum atomic E-state index is 14.1. The van der Waals surface area contributed by atoms with Crippen molar-refractivity contribution < 1.29 is 34.1 Å². The van der Waals surface area contributed by atoms with Gasteiger partial charge >= 0.3 is 11.9 Å². The average Bonchev–Trinajstić information content (AvgIpc) is 3.40. The molecule has 53 heavy (non-hydrogen) atoms. The maximum absolute atomic E-state index is 14.1. The monoisotopic (exact) mass is 732 g/mol. The number of aliphatic hydroxyl groups excluding tert-OH is 1. The molecule has 1 amide bonds. The van der Waals surface area contributed by atoms with Gasteiger partial charge in [-0.2, -0.15) is 0 Å². The number of amides is 1. The highest BCUT2D eigenvalue weighted by atomic mass is 16.5. The first-order chi connectivity index (χ1) is 24.5. The second-order valence-corrected chi connectivity index (χ2v) is 19.9. The minimum Gasteiger partial charge on any atom is -0.481 e. The normalized spacial score (nSPS) is 38.3. The molecule has 9 heteroatoms. The number of allylic oxidation sites excluding steroid dienone is 1. The van der Waals surface area contributed by atoms with Crippen molar-refractivity contribution in [3.05, 3.63) is 47.0 Å². The molecule has 0 aliphatic heterocycles. The number of nitrogens with one attached hydrogen (secondary N) is 1. The van der Waals surface area contributed by atoms with Crippen molar-refractivity contribution in [1.82, 2.24) is 5.32 Å². The number of hydrogen-bond donors (Lipinski definition) is 4. The zero-order chi connectivity index (χ0) is 39.2. The smallest absolute Gasteiger partial charge is 0.309 e. The van der Waals surface area contributed by atoms with Crippen LogP contribution in [-0.4, -0.2) is 58.1 Å². The Morgan fingerprint density at radius 3 is 2.21 bits per heavy atom. The summed E-state index contributed by atoms with van der Waals surface area (Å²) >= 11 is 0. The molecule has 4 saturated carbocycles. The average molecular weight is 733 g/mol. The van der Waals surface area contributed by atoms with Gasteiger partial charge in [0.1, 0.15) is 6.10 Å². The molecule has 0 radical (unpaired) electrons. The third-order valence-electron chi connectivity index (χ3n) is 16.3. The van der Waals surface area contributed by atoms with Crippen molar-refractivity contribution in [1.29, 1.82) is 0 Å². The quantitative estimate of drug-likeness (QED) is 0.194. The Hall–Kier alpha value is -3.04. The molecule has 1 aromatic rings. The second-order valence-electron chi connectivity index (χ2n) is 19.9. The predicted molar refractivity (Wildman–Crippen MR) is 204 cm³/mol. The highest BCUT2D eigenvalue weighted by Crippen LogP contribution is 2.77. The van der Waals surface area contributed by atoms with Crippen molar-refractivity contribution in [3.63, 3.8) is 0 Å². The van der Waals surface area contributed by atoms with Crippen LogP contribution in [0.25, 0.3) is 0 Å². The summed E-state index contributed by atoms with van der Waals surface area (Å²) in [7, 11) is 0. The lowest BCUT2D eigenvalue weighted by molar-refractivity contribution is -0.238. The first-order valence-electron chi connectivity index (χ1n) is 20.0. The van der Waals surface area contributed by atoms with Gasteiger partial charge in [-0.25, -0.2) is 0 Å². The fraction of sp³-hybridized carbons (Fsp3) is 0.727. The number of carbonyl (C=O) groups excluding carboxylic acids is 3. The van der Waals surface area contributed by atoms with Crippen LogP contribution >= 0.6 is 0 Å². The zero-order valence-corrected chi connectivity index (χ0v) is 33.6. The summed E-state index contributed by atoms with van der Waals surface area (Å²) in [5, 5.41) is 24.7. The van der Waals surface area contributed by atoms with E-state index in [9.17, 15) is 29.4 Å². The van der Waals surface area contributed by atoms with E-state index in [1.807, 2.05) is 18.2 Å². The maximum Gasteiger partial charge on any atom is 0.309 e. The van der Waals surface area contributed by atoms with E-state index in [4.69, 9.17) is 10.5 Å². The number of fused-ring (bicyclic) bond motifs is 7. The van der Waals surface area contributed by atoms with Crippen molar-refractivity contribution in [2.45, 2.75) is 144 Å². The summed E-state index contributed by atoms with van der Waals surface area (Å²) < 4.78 is 6.14. The van der Waals surface area contributed by atoms with Crippen LogP contribution in [0.15, 0.2) is 41.5 Å². The Bertz CT molecular complexity index is 1700. The van der Waals surface area contributed by atoms with Gasteiger partial charge in [-0.1, -0.05) is 66.7 Å². The van der Waals surface area contributed by atoms with Crippen LogP contribution in [-0.2, 0) is 19.1 Å². The molecule has 9 nitrogen and oxygen atoms in total. The minimum absolute atomic E-state index is 0.0386. The Kier molecular flexibility index (Phi) is 9.75. The molecule has 5 aliphatic carbocycles. The molecule has 292 valence electrons. The molecule has 4 fully saturated rings. The molecule has 5 N–H and O–H groups in total. The van der Waals surface area contributed by atoms with Gasteiger partial charge in [-0.3, -0.25) is 19.2 Å². The van der Waals surface area contributed by atoms with E-state index in [2.05, 4.69) is 53.8 Å². The van der Waals surface area contributed by atoms with Gasteiger partial charge in [0.2, 0.25) is 0 Å². The first-order valence-corrected chi connectivity index (χ1v) is 20.0. The number of ketones is 1. The number of aliphatic carboxylic acids is 1. The molecule has 9 atom stereocenters. The van der Waals surface area contributed by atoms with Gasteiger partial charge < -0.3 is 26.0 Å². The number of Topliss-reactive ketones (excluding diaryl/α,β-unsaturated/α-hetero) is 1. The zero-order valence-electron chi connectivity index (χ0n) is 33.6. The molecule has 0 aromatic heterocycles. The molecule has 0 bridgehead atoms. The van der Waals surface area contributed by atoms with Gasteiger partial charge in [-0.05, 0) is 122 Å². The standard InChI is InChI=1S/C44H64N2O7/c1-26(2)34-28(47)23-43(31(48)25-46-36(50)27-13-11-10-12-14-27)22-21-42(9)41(8)19-15-29-39(5,6)32(53-33(49)24-38(3,4)37(51)52)17-18-40(29,7)30(41)16-20-44(42,45)35(34)43/h10-14,26,29-32,48H,15-25,45H2,1-9H3,(H,46,50)(H,51,52)/t29-,30+,31?,32-,40-,41+,42-,43-,44-/m0/s1. The molecule has 0 spiro atoms. The van der Waals surface area contributed by atoms with Crippen LogP contribution in [0.4, 0.5) is 0 Å². The number of carboxylic acids is 1. The molecule has 1 aromatic carbocycles. The fourth-order valence-electron chi connectivity index (χ4n) is 13.1. The number of nitrogens with two attached hydrogens (primary N) is 1. The summed E-state index contributed by atoms with van der Waals surface area (Å²) in [4.78, 5) is 52.0. The number of hydrogen-bond acceptors (Lipinski definition) is 7. The highest BCUT2D eigenvalue weighted by molar-refractivity contribution is 6.01. The van der Waals surface area contributed by atoms with Crippen LogP contribution in [0.2, 0.25) is 0 Å². The van der Waals surface area contributed by atoms with Crippen molar-refractivity contribution >= 4 is 23.6 Å². The number of carboxylic acid groups (broad SMARTS) is 1. The lowest BCUT2D eigenvalue weighted by atomic mass is 9.31. The van der Waals surface area contributed by atoms with Crippen LogP contribution in [0.5, 0.6) is 0 Å². The fourth-order valence-corrected chi connectivity index (χ4v) is 13.1. The molecule has 5 aliphatic rings. The van der Waals surface area contributed by atoms with E-state index in [0.717, 1.165) is 49.7 Å². The third kappa shape index (κ3) is 5.76. The predicted octanol–water partition coefficient (Wildman–Crippen LogP) is 7.25. The number of benzene rings is 1. The largest absolute Gasteiger partial charge is 0.481 e. The van der Waals surface area contributed by atoms with E-state index in [1.165, 1.54) is 0 Å². The van der Waals surface area contributed by atoms with Gasteiger partial charge in [0, 0.05) is 34.9 Å². The molecule has 0 heterocycles. The number of aliphatic hydroxyl groups is 1. The number of ether oxygens (including phenoxy) is 1. The third-order valence-corrected chi connectivity index (χ3v) is 16.3. The van der Waals surface area contributed by atoms with Crippen LogP contribution in [0.1, 0.15) is 137 Å². The Morgan fingerprint density at radius 2 is 1.58 bits per heavy atom. The molecular formula is C44H64N2O7. The highest BCUT2D eigenvalue weighted by Gasteiger charge is 2.74. The summed E-state index contributed by atoms with van der Waals surface area (Å²) in [6, 6.07) is 8.98. The van der Waals surface area contributed by atoms with Crippen molar-refractivity contribution in [2.24, 2.45) is 56.0 Å². The number of carbonyl (C=O) groups is 4. The van der Waals surface area contributed by atoms with E-state index < -0.39 is 34.4 Å². The second kappa shape index (κ2) is 13.0. The van der Waals surface area contributed by atoms with Crippen LogP contribution in [0.3, 0.4) is 0 Å². The molecule has 6 rings (SSSR count). The van der Waals surface area contributed by atoms with Crippen molar-refractivity contribution in [3.8, 4) is 0 Å². The Morgan fingerprint density at radius 1 is 0.943 bits per heavy atom. The first kappa shape index (κ1) is 39.6. The number of esters is 1. The summed E-state index contributed by atoms with van der Waals surface area (Å²) in [6.45, 7) is 19.0. The van der Waals surface area contributed by atoms with Gasteiger partial charge in [0.15, 0.2) is 5.78 Å². The van der Waals surface area contributed by atoms with Gasteiger partial charge in [-0.15, -0.1) is 0 Å². The van der Waals surface area contributed by atoms with Crippen molar-refractivity contribution in [2.75, 3.05) is 6.54 Å². The Balaban J connectivity index is 1.30. The molecular weight excluding hydrogens is 668 g/mol. The summed E-state index contributed by atoms with van der Waals surface area (Å²) in [5.74, 6) is -1.06. The van der Waals surface area contributed by atoms with Crippen LogP contribution < -0.4 is 11.1 Å². The lowest BCUT2D eigenvalue weighted by Crippen LogP contribution is -2.74. The van der Waals surface area contributed by atoms with Gasteiger partial charge in [0.05, 0.1) is 17.9 Å². The summed E-state index contributed by atoms with van der Waals surface area (Å²) in [6.07, 6.45) is 5.30. The minimum atomic E-state index is -1.19. The van der Waals surface area contributed by atoms with Gasteiger partial charge in [0.25, 0.3) is 5.91 Å². The lowest BCUT2D eigenvalue weighted by Gasteiger charge is -2.74.